The number of hydrogen-bond donors (Lipinski definition) is 2. The lowest BCUT2D eigenvalue weighted by molar-refractivity contribution is 0.102. The number of anilines is 1. The average Bonchev–Trinajstić information content (AvgIpc) is 2.47. The van der Waals surface area contributed by atoms with Crippen LogP contribution in [0.2, 0.25) is 0 Å². The normalized spacial score (nSPS) is 11.9. The standard InChI is InChI=1S/C16H17FN2O/c1-11(18-2)12-6-8-15(9-7-12)19-16(20)13-4-3-5-14(17)10-13/h3-11,18H,1-2H3,(H,19,20). The molecule has 0 heterocycles. The predicted molar refractivity (Wildman–Crippen MR) is 78.3 cm³/mol. The van der Waals surface area contributed by atoms with Crippen molar-refractivity contribution in [3.63, 3.8) is 0 Å². The van der Waals surface area contributed by atoms with Crippen molar-refractivity contribution in [2.45, 2.75) is 13.0 Å². The number of nitrogens with one attached hydrogen (secondary N) is 2. The molecule has 0 bridgehead atoms. The number of carbonyl (C=O) groups is 1. The first-order chi connectivity index (χ1) is 9.60. The third-order valence-electron chi connectivity index (χ3n) is 3.19. The number of amides is 1. The number of benzene rings is 2. The maximum atomic E-state index is 13.1. The number of carbonyl (C=O) groups excluding carboxylic acids is 1. The summed E-state index contributed by atoms with van der Waals surface area (Å²) in [5, 5.41) is 5.89. The van der Waals surface area contributed by atoms with Crippen LogP contribution in [0.1, 0.15) is 28.9 Å². The molecule has 0 fully saturated rings. The van der Waals surface area contributed by atoms with Gasteiger partial charge in [0.1, 0.15) is 5.82 Å². The summed E-state index contributed by atoms with van der Waals surface area (Å²) >= 11 is 0. The molecule has 0 saturated carbocycles. The number of hydrogen-bond acceptors (Lipinski definition) is 2. The predicted octanol–water partition coefficient (Wildman–Crippen LogP) is 3.36. The smallest absolute Gasteiger partial charge is 0.255 e. The van der Waals surface area contributed by atoms with Gasteiger partial charge in [-0.1, -0.05) is 18.2 Å². The maximum Gasteiger partial charge on any atom is 0.255 e. The van der Waals surface area contributed by atoms with Crippen LogP contribution in [0, 0.1) is 5.82 Å². The average molecular weight is 272 g/mol. The summed E-state index contributed by atoms with van der Waals surface area (Å²) in [6.45, 7) is 2.06. The molecule has 2 aromatic carbocycles. The highest BCUT2D eigenvalue weighted by molar-refractivity contribution is 6.04. The van der Waals surface area contributed by atoms with Crippen LogP contribution in [0.5, 0.6) is 0 Å². The highest BCUT2D eigenvalue weighted by atomic mass is 19.1. The summed E-state index contributed by atoms with van der Waals surface area (Å²) in [5.41, 5.74) is 2.13. The van der Waals surface area contributed by atoms with Crippen LogP contribution < -0.4 is 10.6 Å². The Kier molecular flexibility index (Phi) is 4.48. The molecule has 1 unspecified atom stereocenters. The van der Waals surface area contributed by atoms with Crippen LogP contribution in [0.15, 0.2) is 48.5 Å². The first-order valence-electron chi connectivity index (χ1n) is 6.44. The van der Waals surface area contributed by atoms with Crippen LogP contribution in [0.25, 0.3) is 0 Å². The Labute approximate surface area is 117 Å². The van der Waals surface area contributed by atoms with Crippen molar-refractivity contribution in [1.29, 1.82) is 0 Å². The molecule has 0 aliphatic heterocycles. The van der Waals surface area contributed by atoms with Crippen LogP contribution >= 0.6 is 0 Å². The van der Waals surface area contributed by atoms with Crippen LogP contribution in [-0.4, -0.2) is 13.0 Å². The summed E-state index contributed by atoms with van der Waals surface area (Å²) in [4.78, 5) is 12.0. The van der Waals surface area contributed by atoms with Crippen molar-refractivity contribution < 1.29 is 9.18 Å². The van der Waals surface area contributed by atoms with Gasteiger partial charge in [0.15, 0.2) is 0 Å². The van der Waals surface area contributed by atoms with Gasteiger partial charge >= 0.3 is 0 Å². The van der Waals surface area contributed by atoms with E-state index in [1.54, 1.807) is 6.07 Å². The fourth-order valence-corrected chi connectivity index (χ4v) is 1.85. The Hall–Kier alpha value is -2.20. The second-order valence-electron chi connectivity index (χ2n) is 4.60. The van der Waals surface area contributed by atoms with E-state index in [0.29, 0.717) is 11.3 Å². The SMILES string of the molecule is CNC(C)c1ccc(NC(=O)c2cccc(F)c2)cc1. The first kappa shape index (κ1) is 14.2. The lowest BCUT2D eigenvalue weighted by Crippen LogP contribution is -2.13. The Morgan fingerprint density at radius 1 is 1.15 bits per heavy atom. The van der Waals surface area contributed by atoms with Gasteiger partial charge in [0.2, 0.25) is 0 Å². The largest absolute Gasteiger partial charge is 0.322 e. The first-order valence-corrected chi connectivity index (χ1v) is 6.44. The summed E-state index contributed by atoms with van der Waals surface area (Å²) in [6.07, 6.45) is 0. The zero-order valence-corrected chi connectivity index (χ0v) is 11.5. The van der Waals surface area contributed by atoms with E-state index in [2.05, 4.69) is 17.6 Å². The molecule has 0 aliphatic carbocycles. The molecule has 2 aromatic rings. The van der Waals surface area contributed by atoms with E-state index in [1.165, 1.54) is 18.2 Å². The fourth-order valence-electron chi connectivity index (χ4n) is 1.85. The van der Waals surface area contributed by atoms with Crippen molar-refractivity contribution in [2.24, 2.45) is 0 Å². The van der Waals surface area contributed by atoms with E-state index in [1.807, 2.05) is 31.3 Å². The van der Waals surface area contributed by atoms with Crippen molar-refractivity contribution in [3.05, 3.63) is 65.5 Å². The second-order valence-corrected chi connectivity index (χ2v) is 4.60. The summed E-state index contributed by atoms with van der Waals surface area (Å²) in [7, 11) is 1.89. The van der Waals surface area contributed by atoms with Crippen molar-refractivity contribution in [2.75, 3.05) is 12.4 Å². The summed E-state index contributed by atoms with van der Waals surface area (Å²) in [6, 6.07) is 13.4. The molecule has 3 nitrogen and oxygen atoms in total. The van der Waals surface area contributed by atoms with Gasteiger partial charge < -0.3 is 10.6 Å². The summed E-state index contributed by atoms with van der Waals surface area (Å²) in [5.74, 6) is -0.741. The zero-order valence-electron chi connectivity index (χ0n) is 11.5. The Balaban J connectivity index is 2.08. The van der Waals surface area contributed by atoms with E-state index in [9.17, 15) is 9.18 Å². The third kappa shape index (κ3) is 3.42. The van der Waals surface area contributed by atoms with Crippen molar-refractivity contribution in [3.8, 4) is 0 Å². The third-order valence-corrected chi connectivity index (χ3v) is 3.19. The minimum absolute atomic E-state index is 0.253. The van der Waals surface area contributed by atoms with E-state index in [0.717, 1.165) is 5.56 Å². The van der Waals surface area contributed by atoms with E-state index < -0.39 is 5.82 Å². The molecule has 0 radical (unpaired) electrons. The van der Waals surface area contributed by atoms with Gasteiger partial charge in [-0.3, -0.25) is 4.79 Å². The second kappa shape index (κ2) is 6.30. The van der Waals surface area contributed by atoms with Gasteiger partial charge in [-0.2, -0.15) is 0 Å². The molecule has 104 valence electrons. The molecule has 0 aliphatic rings. The van der Waals surface area contributed by atoms with Crippen LogP contribution in [-0.2, 0) is 0 Å². The van der Waals surface area contributed by atoms with Crippen LogP contribution in [0.4, 0.5) is 10.1 Å². The molecule has 2 rings (SSSR count). The molecule has 2 N–H and O–H groups in total. The fraction of sp³-hybridized carbons (Fsp3) is 0.188. The monoisotopic (exact) mass is 272 g/mol. The molecule has 1 atom stereocenters. The molecule has 0 saturated heterocycles. The van der Waals surface area contributed by atoms with Crippen LogP contribution in [0.3, 0.4) is 0 Å². The Bertz CT molecular complexity index is 596. The lowest BCUT2D eigenvalue weighted by Gasteiger charge is -2.11. The molecule has 0 spiro atoms. The lowest BCUT2D eigenvalue weighted by atomic mass is 10.1. The minimum atomic E-state index is -0.421. The van der Waals surface area contributed by atoms with Gasteiger partial charge in [0, 0.05) is 17.3 Å². The Morgan fingerprint density at radius 2 is 1.85 bits per heavy atom. The quantitative estimate of drug-likeness (QED) is 0.896. The highest BCUT2D eigenvalue weighted by Crippen LogP contribution is 2.16. The van der Waals surface area contributed by atoms with Gasteiger partial charge in [0.05, 0.1) is 0 Å². The van der Waals surface area contributed by atoms with E-state index >= 15 is 0 Å². The molecule has 20 heavy (non-hydrogen) atoms. The number of rotatable bonds is 4. The van der Waals surface area contributed by atoms with Crippen molar-refractivity contribution in [1.82, 2.24) is 5.32 Å². The molecule has 0 aromatic heterocycles. The van der Waals surface area contributed by atoms with Gasteiger partial charge in [-0.15, -0.1) is 0 Å². The summed E-state index contributed by atoms with van der Waals surface area (Å²) < 4.78 is 13.1. The minimum Gasteiger partial charge on any atom is -0.322 e. The zero-order chi connectivity index (χ0) is 14.5. The molecular formula is C16H17FN2O. The maximum absolute atomic E-state index is 13.1. The molecular weight excluding hydrogens is 255 g/mol. The van der Waals surface area contributed by atoms with Gasteiger partial charge in [-0.05, 0) is 49.9 Å². The van der Waals surface area contributed by atoms with E-state index in [-0.39, 0.29) is 11.9 Å². The molecule has 4 heteroatoms. The van der Waals surface area contributed by atoms with Gasteiger partial charge in [0.25, 0.3) is 5.91 Å². The highest BCUT2D eigenvalue weighted by Gasteiger charge is 2.07. The van der Waals surface area contributed by atoms with E-state index in [4.69, 9.17) is 0 Å². The van der Waals surface area contributed by atoms with Crippen molar-refractivity contribution >= 4 is 11.6 Å². The number of halogens is 1. The topological polar surface area (TPSA) is 41.1 Å². The Morgan fingerprint density at radius 3 is 2.45 bits per heavy atom. The van der Waals surface area contributed by atoms with Gasteiger partial charge in [-0.25, -0.2) is 4.39 Å². The molecule has 1 amide bonds.